The lowest BCUT2D eigenvalue weighted by molar-refractivity contribution is -0.116. The Hall–Kier alpha value is -1.83. The van der Waals surface area contributed by atoms with E-state index in [-0.39, 0.29) is 11.3 Å². The van der Waals surface area contributed by atoms with E-state index in [0.29, 0.717) is 0 Å². The molecule has 1 aliphatic carbocycles. The molecule has 0 heterocycles. The van der Waals surface area contributed by atoms with E-state index in [2.05, 4.69) is 58.2 Å². The van der Waals surface area contributed by atoms with Crippen molar-refractivity contribution in [3.63, 3.8) is 0 Å². The van der Waals surface area contributed by atoms with Crippen molar-refractivity contribution in [1.29, 1.82) is 0 Å². The SMILES string of the molecule is CCCCCCCCCCCCCCCCCCNC(=O)/C=C(C)/C=C/C=C(C)/C=C/C1=C(C)CCCC1(C)C. The first-order valence-electron chi connectivity index (χ1n) is 17.0. The monoisotopic (exact) mass is 552 g/mol. The van der Waals surface area contributed by atoms with Gasteiger partial charge in [-0.05, 0) is 63.0 Å². The van der Waals surface area contributed by atoms with E-state index in [4.69, 9.17) is 0 Å². The van der Waals surface area contributed by atoms with Crippen molar-refractivity contribution in [2.75, 3.05) is 6.54 Å². The molecule has 40 heavy (non-hydrogen) atoms. The van der Waals surface area contributed by atoms with Crippen LogP contribution in [0.3, 0.4) is 0 Å². The Bertz CT molecular complexity index is 836. The van der Waals surface area contributed by atoms with Crippen LogP contribution in [-0.2, 0) is 4.79 Å². The predicted molar refractivity (Wildman–Crippen MR) is 179 cm³/mol. The number of amides is 1. The van der Waals surface area contributed by atoms with E-state index in [1.807, 2.05) is 19.1 Å². The Morgan fingerprint density at radius 2 is 1.30 bits per heavy atom. The summed E-state index contributed by atoms with van der Waals surface area (Å²) in [5, 5.41) is 3.05. The Balaban J connectivity index is 2.08. The summed E-state index contributed by atoms with van der Waals surface area (Å²) in [5.41, 5.74) is 5.49. The molecule has 0 bridgehead atoms. The van der Waals surface area contributed by atoms with Crippen LogP contribution in [-0.4, -0.2) is 12.5 Å². The highest BCUT2D eigenvalue weighted by Crippen LogP contribution is 2.40. The minimum atomic E-state index is 0.0191. The van der Waals surface area contributed by atoms with Crippen LogP contribution in [0, 0.1) is 5.41 Å². The second-order valence-electron chi connectivity index (χ2n) is 13.0. The third-order valence-electron chi connectivity index (χ3n) is 8.46. The van der Waals surface area contributed by atoms with Crippen molar-refractivity contribution in [3.05, 3.63) is 58.7 Å². The zero-order valence-corrected chi connectivity index (χ0v) is 27.5. The van der Waals surface area contributed by atoms with Gasteiger partial charge in [-0.1, -0.05) is 159 Å². The predicted octanol–water partition coefficient (Wildman–Crippen LogP) is 11.9. The number of carbonyl (C=O) groups excluding carboxylic acids is 1. The molecule has 2 nitrogen and oxygen atoms in total. The Kier molecular flexibility index (Phi) is 20.6. The molecule has 0 radical (unpaired) electrons. The highest BCUT2D eigenvalue weighted by molar-refractivity contribution is 5.88. The maximum Gasteiger partial charge on any atom is 0.244 e. The molecule has 0 aromatic rings. The number of rotatable bonds is 22. The van der Waals surface area contributed by atoms with Gasteiger partial charge in [0.05, 0.1) is 0 Å². The fourth-order valence-electron chi connectivity index (χ4n) is 5.82. The average molecular weight is 552 g/mol. The lowest BCUT2D eigenvalue weighted by Gasteiger charge is -2.32. The Labute approximate surface area is 249 Å². The molecule has 0 aliphatic heterocycles. The molecular weight excluding hydrogens is 486 g/mol. The molecule has 1 N–H and O–H groups in total. The van der Waals surface area contributed by atoms with E-state index in [9.17, 15) is 4.79 Å². The molecule has 0 saturated carbocycles. The molecule has 0 spiro atoms. The van der Waals surface area contributed by atoms with Gasteiger partial charge in [0.1, 0.15) is 0 Å². The van der Waals surface area contributed by atoms with Crippen LogP contribution in [0.2, 0.25) is 0 Å². The number of carbonyl (C=O) groups is 1. The molecule has 1 rings (SSSR count). The van der Waals surface area contributed by atoms with E-state index in [0.717, 1.165) is 18.5 Å². The largest absolute Gasteiger partial charge is 0.353 e. The first-order chi connectivity index (χ1) is 19.3. The molecule has 1 aliphatic rings. The summed E-state index contributed by atoms with van der Waals surface area (Å²) in [7, 11) is 0. The first kappa shape index (κ1) is 36.2. The first-order valence-corrected chi connectivity index (χ1v) is 17.0. The maximum absolute atomic E-state index is 12.2. The van der Waals surface area contributed by atoms with Crippen LogP contribution in [0.5, 0.6) is 0 Å². The molecule has 0 fully saturated rings. The van der Waals surface area contributed by atoms with Gasteiger partial charge in [-0.15, -0.1) is 0 Å². The maximum atomic E-state index is 12.2. The van der Waals surface area contributed by atoms with Crippen molar-refractivity contribution >= 4 is 5.91 Å². The number of hydrogen-bond acceptors (Lipinski definition) is 1. The van der Waals surface area contributed by atoms with E-state index in [1.54, 1.807) is 6.08 Å². The molecule has 0 unspecified atom stereocenters. The van der Waals surface area contributed by atoms with Gasteiger partial charge in [-0.25, -0.2) is 0 Å². The quantitative estimate of drug-likeness (QED) is 0.0809. The fourth-order valence-corrected chi connectivity index (χ4v) is 5.82. The highest BCUT2D eigenvalue weighted by atomic mass is 16.1. The summed E-state index contributed by atoms with van der Waals surface area (Å²) in [4.78, 5) is 12.2. The second-order valence-corrected chi connectivity index (χ2v) is 13.0. The van der Waals surface area contributed by atoms with Crippen molar-refractivity contribution in [1.82, 2.24) is 5.32 Å². The summed E-state index contributed by atoms with van der Waals surface area (Å²) in [6, 6.07) is 0. The van der Waals surface area contributed by atoms with E-state index < -0.39 is 0 Å². The summed E-state index contributed by atoms with van der Waals surface area (Å²) in [6.45, 7) is 14.2. The summed E-state index contributed by atoms with van der Waals surface area (Å²) >= 11 is 0. The minimum Gasteiger partial charge on any atom is -0.353 e. The van der Waals surface area contributed by atoms with Crippen LogP contribution in [0.25, 0.3) is 0 Å². The van der Waals surface area contributed by atoms with Gasteiger partial charge < -0.3 is 5.32 Å². The van der Waals surface area contributed by atoms with Crippen LogP contribution >= 0.6 is 0 Å². The van der Waals surface area contributed by atoms with Crippen LogP contribution in [0.4, 0.5) is 0 Å². The zero-order valence-electron chi connectivity index (χ0n) is 27.5. The summed E-state index contributed by atoms with van der Waals surface area (Å²) < 4.78 is 0. The smallest absolute Gasteiger partial charge is 0.244 e. The van der Waals surface area contributed by atoms with Crippen molar-refractivity contribution in [3.8, 4) is 0 Å². The average Bonchev–Trinajstić information content (AvgIpc) is 2.89. The molecule has 0 saturated heterocycles. The van der Waals surface area contributed by atoms with Crippen molar-refractivity contribution in [2.45, 2.75) is 164 Å². The topological polar surface area (TPSA) is 29.1 Å². The molecule has 1 amide bonds. The Morgan fingerprint density at radius 1 is 0.775 bits per heavy atom. The molecule has 0 aromatic carbocycles. The number of unbranched alkanes of at least 4 members (excludes halogenated alkanes) is 15. The summed E-state index contributed by atoms with van der Waals surface area (Å²) in [5.74, 6) is 0.0191. The number of nitrogens with one attached hydrogen (secondary N) is 1. The van der Waals surface area contributed by atoms with Crippen molar-refractivity contribution < 1.29 is 4.79 Å². The van der Waals surface area contributed by atoms with Gasteiger partial charge >= 0.3 is 0 Å². The molecule has 2 heteroatoms. The third-order valence-corrected chi connectivity index (χ3v) is 8.46. The van der Waals surface area contributed by atoms with Crippen LogP contribution in [0.1, 0.15) is 164 Å². The molecule has 228 valence electrons. The normalized spacial score (nSPS) is 16.4. The van der Waals surface area contributed by atoms with Crippen LogP contribution < -0.4 is 5.32 Å². The second kappa shape index (κ2) is 22.8. The molecule has 0 aromatic heterocycles. The summed E-state index contributed by atoms with van der Waals surface area (Å²) in [6.07, 6.45) is 38.1. The number of allylic oxidation sites excluding steroid dienone is 9. The van der Waals surface area contributed by atoms with E-state index >= 15 is 0 Å². The minimum absolute atomic E-state index is 0.0191. The van der Waals surface area contributed by atoms with Gasteiger partial charge in [0.25, 0.3) is 0 Å². The molecular formula is C38H65NO. The number of hydrogen-bond donors (Lipinski definition) is 1. The van der Waals surface area contributed by atoms with Crippen LogP contribution in [0.15, 0.2) is 58.7 Å². The van der Waals surface area contributed by atoms with Gasteiger partial charge in [0.2, 0.25) is 5.91 Å². The van der Waals surface area contributed by atoms with Gasteiger partial charge in [-0.2, -0.15) is 0 Å². The van der Waals surface area contributed by atoms with E-state index in [1.165, 1.54) is 132 Å². The Morgan fingerprint density at radius 3 is 1.82 bits per heavy atom. The standard InChI is InChI=1S/C38H65NO/c1-7-8-9-10-11-12-13-14-15-16-17-18-19-20-21-22-31-39-37(40)32-34(3)26-23-25-33(2)28-29-36-35(4)27-24-30-38(36,5)6/h23,25-26,28-29,32H,7-22,24,27,30-31H2,1-6H3,(H,39,40)/b26-23+,29-28+,33-25+,34-32+. The van der Waals surface area contributed by atoms with Gasteiger partial charge in [0.15, 0.2) is 0 Å². The molecule has 0 atom stereocenters. The lowest BCUT2D eigenvalue weighted by atomic mass is 9.72. The van der Waals surface area contributed by atoms with Crippen molar-refractivity contribution in [2.24, 2.45) is 5.41 Å². The lowest BCUT2D eigenvalue weighted by Crippen LogP contribution is -2.22. The third kappa shape index (κ3) is 18.5. The fraction of sp³-hybridized carbons (Fsp3) is 0.711. The highest BCUT2D eigenvalue weighted by Gasteiger charge is 2.26. The zero-order chi connectivity index (χ0) is 29.5. The van der Waals surface area contributed by atoms with Gasteiger partial charge in [-0.3, -0.25) is 4.79 Å². The van der Waals surface area contributed by atoms with Gasteiger partial charge in [0, 0.05) is 12.6 Å².